The van der Waals surface area contributed by atoms with E-state index < -0.39 is 10.0 Å². The Morgan fingerprint density at radius 2 is 2.06 bits per heavy atom. The Hall–Kier alpha value is -1.37. The molecule has 0 spiro atoms. The van der Waals surface area contributed by atoms with Gasteiger partial charge in [0.1, 0.15) is 4.90 Å². The number of hydrogen-bond donors (Lipinski definition) is 1. The average Bonchev–Trinajstić information content (AvgIpc) is 2.69. The van der Waals surface area contributed by atoms with Gasteiger partial charge in [-0.05, 0) is 6.07 Å². The Morgan fingerprint density at radius 1 is 1.33 bits per heavy atom. The zero-order chi connectivity index (χ0) is 13.2. The summed E-state index contributed by atoms with van der Waals surface area (Å²) in [4.78, 5) is 0.303. The molecule has 0 amide bonds. The number of methoxy groups -OCH3 is 1. The van der Waals surface area contributed by atoms with Crippen LogP contribution in [0.1, 0.15) is 0 Å². The number of aromatic nitrogens is 1. The molecule has 18 heavy (non-hydrogen) atoms. The third kappa shape index (κ3) is 2.40. The van der Waals surface area contributed by atoms with Crippen LogP contribution in [0, 0.1) is 0 Å². The lowest BCUT2D eigenvalue weighted by atomic mass is 10.2. The highest BCUT2D eigenvalue weighted by molar-refractivity contribution is 7.89. The molecule has 0 radical (unpaired) electrons. The predicted molar refractivity (Wildman–Crippen MR) is 70.0 cm³/mol. The summed E-state index contributed by atoms with van der Waals surface area (Å²) >= 11 is 0. The summed E-state index contributed by atoms with van der Waals surface area (Å²) in [7, 11) is -0.125. The topological polar surface area (TPSA) is 60.3 Å². The lowest BCUT2D eigenvalue weighted by Gasteiger charge is -2.04. The Labute approximate surface area is 106 Å². The maximum Gasteiger partial charge on any atom is 0.242 e. The molecular weight excluding hydrogens is 252 g/mol. The second-order valence-corrected chi connectivity index (χ2v) is 5.75. The first-order valence-electron chi connectivity index (χ1n) is 5.59. The molecule has 0 bridgehead atoms. The van der Waals surface area contributed by atoms with E-state index >= 15 is 0 Å². The smallest absolute Gasteiger partial charge is 0.242 e. The quantitative estimate of drug-likeness (QED) is 0.826. The van der Waals surface area contributed by atoms with Crippen molar-refractivity contribution in [1.82, 2.24) is 9.29 Å². The van der Waals surface area contributed by atoms with Crippen LogP contribution in [0.2, 0.25) is 0 Å². The van der Waals surface area contributed by atoms with Crippen molar-refractivity contribution in [1.29, 1.82) is 0 Å². The van der Waals surface area contributed by atoms with Gasteiger partial charge in [0.05, 0.1) is 6.61 Å². The third-order valence-corrected chi connectivity index (χ3v) is 4.24. The number of nitrogens with one attached hydrogen (secondary N) is 1. The molecule has 0 fully saturated rings. The third-order valence-electron chi connectivity index (χ3n) is 2.75. The van der Waals surface area contributed by atoms with Gasteiger partial charge < -0.3 is 9.30 Å². The summed E-state index contributed by atoms with van der Waals surface area (Å²) in [6.45, 7) is 0.617. The molecule has 5 nitrogen and oxygen atoms in total. The van der Waals surface area contributed by atoms with E-state index in [1.807, 2.05) is 25.2 Å². The molecule has 2 rings (SSSR count). The largest absolute Gasteiger partial charge is 0.383 e. The number of ether oxygens (including phenoxy) is 1. The van der Waals surface area contributed by atoms with Crippen molar-refractivity contribution < 1.29 is 13.2 Å². The van der Waals surface area contributed by atoms with Crippen molar-refractivity contribution in [3.8, 4) is 0 Å². The van der Waals surface area contributed by atoms with Crippen LogP contribution in [0.15, 0.2) is 35.4 Å². The number of para-hydroxylation sites is 1. The average molecular weight is 268 g/mol. The van der Waals surface area contributed by atoms with Crippen molar-refractivity contribution in [3.63, 3.8) is 0 Å². The first-order chi connectivity index (χ1) is 8.56. The fourth-order valence-electron chi connectivity index (χ4n) is 1.87. The fraction of sp³-hybridized carbons (Fsp3) is 0.333. The van der Waals surface area contributed by atoms with Gasteiger partial charge in [-0.2, -0.15) is 0 Å². The summed E-state index contributed by atoms with van der Waals surface area (Å²) < 4.78 is 33.5. The van der Waals surface area contributed by atoms with Gasteiger partial charge >= 0.3 is 0 Å². The van der Waals surface area contributed by atoms with Gasteiger partial charge in [0.25, 0.3) is 0 Å². The SMILES string of the molecule is COCCNS(=O)(=O)c1cn(C)c2ccccc12. The Bertz CT molecular complexity index is 646. The minimum absolute atomic E-state index is 0.266. The Morgan fingerprint density at radius 3 is 2.78 bits per heavy atom. The highest BCUT2D eigenvalue weighted by Gasteiger charge is 2.19. The van der Waals surface area contributed by atoms with E-state index in [2.05, 4.69) is 4.72 Å². The molecule has 1 heterocycles. The van der Waals surface area contributed by atoms with Crippen molar-refractivity contribution in [3.05, 3.63) is 30.5 Å². The van der Waals surface area contributed by atoms with Crippen LogP contribution < -0.4 is 4.72 Å². The van der Waals surface area contributed by atoms with E-state index in [-0.39, 0.29) is 6.54 Å². The molecule has 1 N–H and O–H groups in total. The van der Waals surface area contributed by atoms with Crippen LogP contribution in [-0.2, 0) is 21.8 Å². The molecule has 0 aliphatic heterocycles. The van der Waals surface area contributed by atoms with Crippen LogP contribution in [0.4, 0.5) is 0 Å². The minimum atomic E-state index is -3.49. The van der Waals surface area contributed by atoms with Crippen molar-refractivity contribution in [2.45, 2.75) is 4.90 Å². The zero-order valence-corrected chi connectivity index (χ0v) is 11.2. The monoisotopic (exact) mass is 268 g/mol. The van der Waals surface area contributed by atoms with E-state index in [1.165, 1.54) is 7.11 Å². The van der Waals surface area contributed by atoms with E-state index in [1.54, 1.807) is 16.8 Å². The van der Waals surface area contributed by atoms with Gasteiger partial charge in [-0.1, -0.05) is 18.2 Å². The Kier molecular flexibility index (Phi) is 3.70. The number of nitrogens with zero attached hydrogens (tertiary/aromatic N) is 1. The summed E-state index contributed by atoms with van der Waals surface area (Å²) in [5, 5.41) is 0.727. The van der Waals surface area contributed by atoms with Gasteiger partial charge in [-0.15, -0.1) is 0 Å². The second-order valence-electron chi connectivity index (χ2n) is 4.01. The molecule has 0 unspecified atom stereocenters. The highest BCUT2D eigenvalue weighted by atomic mass is 32.2. The molecule has 0 aliphatic carbocycles. The first kappa shape index (κ1) is 13.1. The fourth-order valence-corrected chi connectivity index (χ4v) is 3.14. The van der Waals surface area contributed by atoms with Crippen LogP contribution in [0.25, 0.3) is 10.9 Å². The molecule has 1 aromatic heterocycles. The maximum atomic E-state index is 12.2. The van der Waals surface area contributed by atoms with Crippen molar-refractivity contribution >= 4 is 20.9 Å². The van der Waals surface area contributed by atoms with Crippen LogP contribution in [0.5, 0.6) is 0 Å². The number of aryl methyl sites for hydroxylation is 1. The van der Waals surface area contributed by atoms with Gasteiger partial charge in [0.15, 0.2) is 0 Å². The second kappa shape index (κ2) is 5.09. The van der Waals surface area contributed by atoms with E-state index in [0.717, 1.165) is 10.9 Å². The number of rotatable bonds is 5. The van der Waals surface area contributed by atoms with Crippen LogP contribution >= 0.6 is 0 Å². The van der Waals surface area contributed by atoms with E-state index in [0.29, 0.717) is 11.5 Å². The number of sulfonamides is 1. The molecule has 0 saturated heterocycles. The molecule has 1 aromatic carbocycles. The number of fused-ring (bicyclic) bond motifs is 1. The predicted octanol–water partition coefficient (Wildman–Crippen LogP) is 1.10. The normalized spacial score (nSPS) is 12.1. The number of hydrogen-bond acceptors (Lipinski definition) is 3. The van der Waals surface area contributed by atoms with E-state index in [9.17, 15) is 8.42 Å². The van der Waals surface area contributed by atoms with Gasteiger partial charge in [0, 0.05) is 37.8 Å². The Balaban J connectivity index is 2.41. The molecule has 98 valence electrons. The molecule has 6 heteroatoms. The van der Waals surface area contributed by atoms with Gasteiger partial charge in [-0.3, -0.25) is 0 Å². The standard InChI is InChI=1S/C12H16N2O3S/c1-14-9-12(10-5-3-4-6-11(10)14)18(15,16)13-7-8-17-2/h3-6,9,13H,7-8H2,1-2H3. The van der Waals surface area contributed by atoms with Crippen LogP contribution in [-0.4, -0.2) is 33.2 Å². The first-order valence-corrected chi connectivity index (χ1v) is 7.07. The highest BCUT2D eigenvalue weighted by Crippen LogP contribution is 2.24. The van der Waals surface area contributed by atoms with Gasteiger partial charge in [0.2, 0.25) is 10.0 Å². The lowest BCUT2D eigenvalue weighted by Crippen LogP contribution is -2.27. The summed E-state index contributed by atoms with van der Waals surface area (Å²) in [5.74, 6) is 0. The van der Waals surface area contributed by atoms with Gasteiger partial charge in [-0.25, -0.2) is 13.1 Å². The van der Waals surface area contributed by atoms with Crippen molar-refractivity contribution in [2.24, 2.45) is 7.05 Å². The maximum absolute atomic E-state index is 12.2. The summed E-state index contributed by atoms with van der Waals surface area (Å²) in [5.41, 5.74) is 0.893. The summed E-state index contributed by atoms with van der Waals surface area (Å²) in [6.07, 6.45) is 1.62. The van der Waals surface area contributed by atoms with Crippen molar-refractivity contribution in [2.75, 3.05) is 20.3 Å². The zero-order valence-electron chi connectivity index (χ0n) is 10.4. The summed E-state index contributed by atoms with van der Waals surface area (Å²) in [6, 6.07) is 7.41. The molecule has 2 aromatic rings. The molecule has 0 saturated carbocycles. The number of benzene rings is 1. The minimum Gasteiger partial charge on any atom is -0.383 e. The van der Waals surface area contributed by atoms with Crippen LogP contribution in [0.3, 0.4) is 0 Å². The molecule has 0 atom stereocenters. The molecular formula is C12H16N2O3S. The lowest BCUT2D eigenvalue weighted by molar-refractivity contribution is 0.204. The molecule has 0 aliphatic rings. The van der Waals surface area contributed by atoms with E-state index in [4.69, 9.17) is 4.74 Å².